The fraction of sp³-hybridized carbons (Fsp3) is 0.500. The van der Waals surface area contributed by atoms with E-state index in [9.17, 15) is 4.79 Å². The van der Waals surface area contributed by atoms with Gasteiger partial charge in [-0.15, -0.1) is 0 Å². The molecular formula is C16H23N3O3S. The molecule has 1 aromatic rings. The van der Waals surface area contributed by atoms with Crippen LogP contribution in [0.15, 0.2) is 30.3 Å². The molecule has 0 unspecified atom stereocenters. The van der Waals surface area contributed by atoms with Gasteiger partial charge in [-0.25, -0.2) is 0 Å². The third kappa shape index (κ3) is 4.63. The first-order valence-electron chi connectivity index (χ1n) is 7.58. The van der Waals surface area contributed by atoms with Crippen LogP contribution in [-0.2, 0) is 20.8 Å². The van der Waals surface area contributed by atoms with Crippen LogP contribution >= 0.6 is 12.2 Å². The van der Waals surface area contributed by atoms with E-state index in [1.807, 2.05) is 44.2 Å². The number of rotatable bonds is 4. The number of ether oxygens (including phenoxy) is 2. The summed E-state index contributed by atoms with van der Waals surface area (Å²) in [6.07, 6.45) is -0.914. The average molecular weight is 337 g/mol. The van der Waals surface area contributed by atoms with Gasteiger partial charge in [0.15, 0.2) is 11.4 Å². The zero-order valence-corrected chi connectivity index (χ0v) is 14.4. The number of benzene rings is 1. The van der Waals surface area contributed by atoms with Gasteiger partial charge in [0.05, 0.1) is 0 Å². The van der Waals surface area contributed by atoms with Crippen molar-refractivity contribution in [1.82, 2.24) is 16.2 Å². The first kappa shape index (κ1) is 17.7. The number of nitrogens with one attached hydrogen (secondary N) is 3. The molecule has 1 aliphatic rings. The second kappa shape index (κ2) is 8.24. The van der Waals surface area contributed by atoms with Gasteiger partial charge in [-0.3, -0.25) is 15.6 Å². The standard InChI is InChI=1S/C16H23N3O3S/c1-10-11(2)15(21-3)22-13(10)14(20)18-19-16(23)17-9-12-7-5-4-6-8-12/h4-8,10-11,13,15H,9H2,1-3H3,(H,18,20)(H2,17,19,23)/t10-,11+,13-,15+/m0/s1. The molecule has 0 aromatic heterocycles. The Bertz CT molecular complexity index is 541. The second-order valence-electron chi connectivity index (χ2n) is 5.66. The Morgan fingerprint density at radius 2 is 1.91 bits per heavy atom. The second-order valence-corrected chi connectivity index (χ2v) is 6.07. The number of hydrazine groups is 1. The summed E-state index contributed by atoms with van der Waals surface area (Å²) in [4.78, 5) is 12.2. The minimum atomic E-state index is -0.556. The molecular weight excluding hydrogens is 314 g/mol. The molecule has 126 valence electrons. The van der Waals surface area contributed by atoms with E-state index in [2.05, 4.69) is 16.2 Å². The van der Waals surface area contributed by atoms with Crippen molar-refractivity contribution in [3.8, 4) is 0 Å². The quantitative estimate of drug-likeness (QED) is 0.569. The Morgan fingerprint density at radius 1 is 1.22 bits per heavy atom. The van der Waals surface area contributed by atoms with Crippen molar-refractivity contribution in [3.05, 3.63) is 35.9 Å². The van der Waals surface area contributed by atoms with Gasteiger partial charge in [0, 0.05) is 19.6 Å². The lowest BCUT2D eigenvalue weighted by Gasteiger charge is -2.17. The topological polar surface area (TPSA) is 71.6 Å². The number of amides is 1. The van der Waals surface area contributed by atoms with Crippen molar-refractivity contribution in [3.63, 3.8) is 0 Å². The molecule has 1 aromatic carbocycles. The molecule has 23 heavy (non-hydrogen) atoms. The van der Waals surface area contributed by atoms with Crippen LogP contribution in [-0.4, -0.2) is 30.5 Å². The SMILES string of the molecule is CO[C@@H]1O[C@H](C(=O)NNC(=S)NCc2ccccc2)[C@@H](C)[C@H]1C. The van der Waals surface area contributed by atoms with Crippen LogP contribution in [0.2, 0.25) is 0 Å². The highest BCUT2D eigenvalue weighted by molar-refractivity contribution is 7.80. The third-order valence-corrected chi connectivity index (χ3v) is 4.35. The number of carbonyl (C=O) groups excluding carboxylic acids is 1. The molecule has 2 rings (SSSR count). The van der Waals surface area contributed by atoms with Crippen LogP contribution in [0.4, 0.5) is 0 Å². The van der Waals surface area contributed by atoms with Gasteiger partial charge in [-0.2, -0.15) is 0 Å². The predicted octanol–water partition coefficient (Wildman–Crippen LogP) is 1.33. The first-order valence-corrected chi connectivity index (χ1v) is 7.99. The van der Waals surface area contributed by atoms with Crippen molar-refractivity contribution in [2.24, 2.45) is 11.8 Å². The maximum absolute atomic E-state index is 12.2. The molecule has 6 nitrogen and oxygen atoms in total. The molecule has 0 radical (unpaired) electrons. The van der Waals surface area contributed by atoms with Gasteiger partial charge in [-0.05, 0) is 23.7 Å². The Labute approximate surface area is 141 Å². The van der Waals surface area contributed by atoms with Gasteiger partial charge in [0.25, 0.3) is 5.91 Å². The predicted molar refractivity (Wildman–Crippen MR) is 91.2 cm³/mol. The molecule has 3 N–H and O–H groups in total. The Balaban J connectivity index is 1.75. The monoisotopic (exact) mass is 337 g/mol. The van der Waals surface area contributed by atoms with Crippen molar-refractivity contribution in [2.45, 2.75) is 32.8 Å². The van der Waals surface area contributed by atoms with E-state index < -0.39 is 6.10 Å². The number of hydrogen-bond donors (Lipinski definition) is 3. The molecule has 0 saturated carbocycles. The van der Waals surface area contributed by atoms with E-state index in [-0.39, 0.29) is 24.0 Å². The fourth-order valence-corrected chi connectivity index (χ4v) is 2.62. The van der Waals surface area contributed by atoms with Crippen LogP contribution in [0.25, 0.3) is 0 Å². The van der Waals surface area contributed by atoms with E-state index in [1.54, 1.807) is 7.11 Å². The fourth-order valence-electron chi connectivity index (χ4n) is 2.50. The van der Waals surface area contributed by atoms with Gasteiger partial charge >= 0.3 is 0 Å². The zero-order valence-electron chi connectivity index (χ0n) is 13.5. The number of thiocarbonyl (C=S) groups is 1. The maximum Gasteiger partial charge on any atom is 0.267 e. The summed E-state index contributed by atoms with van der Waals surface area (Å²) in [7, 11) is 1.58. The first-order chi connectivity index (χ1) is 11.0. The summed E-state index contributed by atoms with van der Waals surface area (Å²) < 4.78 is 10.8. The van der Waals surface area contributed by atoms with E-state index in [4.69, 9.17) is 21.7 Å². The van der Waals surface area contributed by atoms with Crippen LogP contribution in [0.3, 0.4) is 0 Å². The lowest BCUT2D eigenvalue weighted by atomic mass is 9.93. The molecule has 0 spiro atoms. The van der Waals surface area contributed by atoms with Crippen molar-refractivity contribution < 1.29 is 14.3 Å². The van der Waals surface area contributed by atoms with E-state index in [0.717, 1.165) is 5.56 Å². The molecule has 1 heterocycles. The Kier molecular flexibility index (Phi) is 6.32. The van der Waals surface area contributed by atoms with E-state index in [1.165, 1.54) is 0 Å². The zero-order chi connectivity index (χ0) is 16.8. The largest absolute Gasteiger partial charge is 0.357 e. The smallest absolute Gasteiger partial charge is 0.267 e. The number of hydrogen-bond acceptors (Lipinski definition) is 4. The van der Waals surface area contributed by atoms with Gasteiger partial charge in [-0.1, -0.05) is 44.2 Å². The Morgan fingerprint density at radius 3 is 2.52 bits per heavy atom. The molecule has 0 aliphatic carbocycles. The molecule has 1 amide bonds. The van der Waals surface area contributed by atoms with Gasteiger partial charge in [0.1, 0.15) is 6.10 Å². The number of carbonyl (C=O) groups is 1. The maximum atomic E-state index is 12.2. The van der Waals surface area contributed by atoms with Crippen LogP contribution in [0, 0.1) is 11.8 Å². The molecule has 1 fully saturated rings. The summed E-state index contributed by atoms with van der Waals surface area (Å²) in [5.41, 5.74) is 6.38. The highest BCUT2D eigenvalue weighted by Crippen LogP contribution is 2.32. The summed E-state index contributed by atoms with van der Waals surface area (Å²) in [6.45, 7) is 4.56. The number of methoxy groups -OCH3 is 1. The minimum absolute atomic E-state index is 0.0626. The average Bonchev–Trinajstić information content (AvgIpc) is 2.87. The van der Waals surface area contributed by atoms with Crippen LogP contribution in [0.1, 0.15) is 19.4 Å². The van der Waals surface area contributed by atoms with E-state index >= 15 is 0 Å². The van der Waals surface area contributed by atoms with E-state index in [0.29, 0.717) is 11.7 Å². The highest BCUT2D eigenvalue weighted by atomic mass is 32.1. The molecule has 1 aliphatic heterocycles. The third-order valence-electron chi connectivity index (χ3n) is 4.10. The van der Waals surface area contributed by atoms with Crippen molar-refractivity contribution in [1.29, 1.82) is 0 Å². The summed E-state index contributed by atoms with van der Waals surface area (Å²) >= 11 is 5.14. The molecule has 1 saturated heterocycles. The van der Waals surface area contributed by atoms with Gasteiger partial charge in [0.2, 0.25) is 0 Å². The Hall–Kier alpha value is -1.70. The normalized spacial score (nSPS) is 26.6. The lowest BCUT2D eigenvalue weighted by molar-refractivity contribution is -0.153. The highest BCUT2D eigenvalue weighted by Gasteiger charge is 2.43. The summed E-state index contributed by atoms with van der Waals surface area (Å²) in [6, 6.07) is 9.86. The van der Waals surface area contributed by atoms with Crippen LogP contribution < -0.4 is 16.2 Å². The molecule has 0 bridgehead atoms. The van der Waals surface area contributed by atoms with Gasteiger partial charge < -0.3 is 14.8 Å². The van der Waals surface area contributed by atoms with Crippen LogP contribution in [0.5, 0.6) is 0 Å². The summed E-state index contributed by atoms with van der Waals surface area (Å²) in [5.74, 6) is -0.0423. The minimum Gasteiger partial charge on any atom is -0.357 e. The van der Waals surface area contributed by atoms with Crippen molar-refractivity contribution >= 4 is 23.2 Å². The summed E-state index contributed by atoms with van der Waals surface area (Å²) in [5, 5.41) is 3.38. The van der Waals surface area contributed by atoms with Crippen molar-refractivity contribution in [2.75, 3.05) is 7.11 Å². The lowest BCUT2D eigenvalue weighted by Crippen LogP contribution is -2.50. The molecule has 4 atom stereocenters. The molecule has 7 heteroatoms.